The van der Waals surface area contributed by atoms with Gasteiger partial charge < -0.3 is 24.4 Å². The molecule has 6 nitrogen and oxygen atoms in total. The minimum atomic E-state index is -0.154. The highest BCUT2D eigenvalue weighted by molar-refractivity contribution is 6.04. The molecular formula is C35H40N2O4. The summed E-state index contributed by atoms with van der Waals surface area (Å²) in [5.74, 6) is 2.46. The van der Waals surface area contributed by atoms with Gasteiger partial charge in [-0.3, -0.25) is 4.79 Å². The Hall–Kier alpha value is -4.03. The molecule has 5 rings (SSSR count). The molecule has 0 radical (unpaired) electrons. The first-order chi connectivity index (χ1) is 20.0. The van der Waals surface area contributed by atoms with Crippen molar-refractivity contribution in [3.05, 3.63) is 102 Å². The average molecular weight is 553 g/mol. The highest BCUT2D eigenvalue weighted by Crippen LogP contribution is 2.35. The molecule has 1 atom stereocenters. The number of allylic oxidation sites excluding steroid dienone is 3. The van der Waals surface area contributed by atoms with E-state index in [1.165, 1.54) is 0 Å². The van der Waals surface area contributed by atoms with Crippen LogP contribution >= 0.6 is 0 Å². The van der Waals surface area contributed by atoms with Gasteiger partial charge in [0.15, 0.2) is 0 Å². The highest BCUT2D eigenvalue weighted by Gasteiger charge is 2.20. The van der Waals surface area contributed by atoms with Gasteiger partial charge in [-0.25, -0.2) is 0 Å². The summed E-state index contributed by atoms with van der Waals surface area (Å²) in [6.07, 6.45) is 10.3. The minimum Gasteiger partial charge on any atom is -0.497 e. The maximum absolute atomic E-state index is 13.2. The Morgan fingerprint density at radius 1 is 0.976 bits per heavy atom. The molecule has 0 spiro atoms. The summed E-state index contributed by atoms with van der Waals surface area (Å²) in [6, 6.07) is 21.9. The van der Waals surface area contributed by atoms with E-state index < -0.39 is 0 Å². The summed E-state index contributed by atoms with van der Waals surface area (Å²) in [5, 5.41) is 3.05. The topological polar surface area (TPSA) is 60.0 Å². The Bertz CT molecular complexity index is 1370. The zero-order valence-corrected chi connectivity index (χ0v) is 24.3. The molecule has 2 aliphatic rings. The fourth-order valence-electron chi connectivity index (χ4n) is 5.30. The van der Waals surface area contributed by atoms with Crippen molar-refractivity contribution in [2.45, 2.75) is 44.6 Å². The van der Waals surface area contributed by atoms with Crippen LogP contribution in [-0.4, -0.2) is 50.8 Å². The van der Waals surface area contributed by atoms with E-state index in [1.54, 1.807) is 7.11 Å². The van der Waals surface area contributed by atoms with Gasteiger partial charge in [-0.15, -0.1) is 0 Å². The summed E-state index contributed by atoms with van der Waals surface area (Å²) in [6.45, 7) is 4.87. The van der Waals surface area contributed by atoms with Crippen LogP contribution in [0.1, 0.15) is 54.4 Å². The molecule has 1 aliphatic carbocycles. The Morgan fingerprint density at radius 2 is 1.68 bits per heavy atom. The Balaban J connectivity index is 1.24. The molecule has 214 valence electrons. The number of hydrogen-bond donors (Lipinski definition) is 1. The molecule has 3 aromatic rings. The maximum Gasteiger partial charge on any atom is 0.255 e. The average Bonchev–Trinajstić information content (AvgIpc) is 3.02. The van der Waals surface area contributed by atoms with E-state index in [4.69, 9.17) is 14.2 Å². The summed E-state index contributed by atoms with van der Waals surface area (Å²) in [5.41, 5.74) is 4.52. The Kier molecular flexibility index (Phi) is 9.42. The zero-order chi connectivity index (χ0) is 28.6. The third kappa shape index (κ3) is 7.39. The van der Waals surface area contributed by atoms with Crippen LogP contribution in [0.4, 0.5) is 5.69 Å². The summed E-state index contributed by atoms with van der Waals surface area (Å²) < 4.78 is 17.7. The van der Waals surface area contributed by atoms with Crippen molar-refractivity contribution in [2.75, 3.05) is 39.2 Å². The van der Waals surface area contributed by atoms with Gasteiger partial charge in [0.2, 0.25) is 0 Å². The molecule has 1 saturated heterocycles. The monoisotopic (exact) mass is 552 g/mol. The first-order valence-electron chi connectivity index (χ1n) is 14.6. The van der Waals surface area contributed by atoms with E-state index in [9.17, 15) is 4.79 Å². The van der Waals surface area contributed by atoms with Gasteiger partial charge in [0, 0.05) is 35.8 Å². The molecule has 1 N–H and O–H groups in total. The molecule has 1 unspecified atom stereocenters. The van der Waals surface area contributed by atoms with Gasteiger partial charge in [-0.2, -0.15) is 0 Å². The number of benzene rings is 3. The molecule has 0 aromatic heterocycles. The maximum atomic E-state index is 13.2. The number of nitrogens with zero attached hydrogens (tertiary/aromatic N) is 1. The normalized spacial score (nSPS) is 17.5. The minimum absolute atomic E-state index is 0.0787. The third-order valence-electron chi connectivity index (χ3n) is 7.71. The van der Waals surface area contributed by atoms with Gasteiger partial charge in [-0.1, -0.05) is 37.3 Å². The second-order valence-corrected chi connectivity index (χ2v) is 10.8. The predicted octanol–water partition coefficient (Wildman–Crippen LogP) is 7.44. The molecule has 1 aliphatic heterocycles. The number of amides is 1. The SMILES string of the molecule is CCCOc1ccc(C(=O)Nc2ccc(-c3ccc(OC4CCN(C)CC4)cc3)cc2)cc1C1C=C(OC)C=CC1. The number of likely N-dealkylation sites (tertiary alicyclic amines) is 1. The summed E-state index contributed by atoms with van der Waals surface area (Å²) >= 11 is 0. The van der Waals surface area contributed by atoms with Crippen molar-refractivity contribution in [3.8, 4) is 22.6 Å². The molecule has 41 heavy (non-hydrogen) atoms. The third-order valence-corrected chi connectivity index (χ3v) is 7.71. The van der Waals surface area contributed by atoms with Crippen LogP contribution in [0.2, 0.25) is 0 Å². The number of carbonyl (C=O) groups excluding carboxylic acids is 1. The van der Waals surface area contributed by atoms with Gasteiger partial charge in [0.25, 0.3) is 5.91 Å². The van der Waals surface area contributed by atoms with E-state index in [0.29, 0.717) is 12.2 Å². The van der Waals surface area contributed by atoms with Crippen molar-refractivity contribution in [3.63, 3.8) is 0 Å². The van der Waals surface area contributed by atoms with Crippen LogP contribution in [0.3, 0.4) is 0 Å². The molecule has 1 heterocycles. The standard InChI is InChI=1S/C35H40N2O4/c1-4-22-40-34-17-12-28(24-33(34)27-6-5-7-32(23-27)39-3)35(38)36-29-13-8-25(9-14-29)26-10-15-30(16-11-26)41-31-18-20-37(2)21-19-31/h5,7-17,23-24,27,31H,4,6,18-22H2,1-3H3,(H,36,38). The number of rotatable bonds is 10. The van der Waals surface area contributed by atoms with Gasteiger partial charge >= 0.3 is 0 Å². The van der Waals surface area contributed by atoms with Crippen LogP contribution in [0.5, 0.6) is 11.5 Å². The molecule has 3 aromatic carbocycles. The molecular weight excluding hydrogens is 512 g/mol. The number of piperidine rings is 1. The van der Waals surface area contributed by atoms with Crippen molar-refractivity contribution in [1.29, 1.82) is 0 Å². The Morgan fingerprint density at radius 3 is 2.37 bits per heavy atom. The van der Waals surface area contributed by atoms with Crippen molar-refractivity contribution in [2.24, 2.45) is 0 Å². The lowest BCUT2D eigenvalue weighted by molar-refractivity contribution is 0.102. The Labute approximate surface area is 243 Å². The zero-order valence-electron chi connectivity index (χ0n) is 24.3. The summed E-state index contributed by atoms with van der Waals surface area (Å²) in [4.78, 5) is 15.6. The van der Waals surface area contributed by atoms with Crippen molar-refractivity contribution in [1.82, 2.24) is 4.90 Å². The number of anilines is 1. The second-order valence-electron chi connectivity index (χ2n) is 10.8. The molecule has 1 amide bonds. The quantitative estimate of drug-likeness (QED) is 0.283. The van der Waals surface area contributed by atoms with E-state index >= 15 is 0 Å². The lowest BCUT2D eigenvalue weighted by Gasteiger charge is -2.29. The molecule has 6 heteroatoms. The van der Waals surface area contributed by atoms with E-state index in [1.807, 2.05) is 60.7 Å². The second kappa shape index (κ2) is 13.6. The van der Waals surface area contributed by atoms with Crippen LogP contribution in [0.25, 0.3) is 11.1 Å². The highest BCUT2D eigenvalue weighted by atomic mass is 16.5. The summed E-state index contributed by atoms with van der Waals surface area (Å²) in [7, 11) is 3.83. The first-order valence-corrected chi connectivity index (χ1v) is 14.6. The largest absolute Gasteiger partial charge is 0.497 e. The lowest BCUT2D eigenvalue weighted by atomic mass is 9.90. The van der Waals surface area contributed by atoms with Crippen molar-refractivity contribution >= 4 is 11.6 Å². The molecule has 0 saturated carbocycles. The van der Waals surface area contributed by atoms with Crippen molar-refractivity contribution < 1.29 is 19.0 Å². The molecule has 0 bridgehead atoms. The van der Waals surface area contributed by atoms with E-state index in [0.717, 1.165) is 78.4 Å². The predicted molar refractivity (Wildman–Crippen MR) is 165 cm³/mol. The number of nitrogens with one attached hydrogen (secondary N) is 1. The van der Waals surface area contributed by atoms with Crippen LogP contribution in [-0.2, 0) is 4.74 Å². The van der Waals surface area contributed by atoms with Gasteiger partial charge in [-0.05, 0) is 98.5 Å². The number of hydrogen-bond acceptors (Lipinski definition) is 5. The first kappa shape index (κ1) is 28.5. The van der Waals surface area contributed by atoms with Crippen LogP contribution in [0.15, 0.2) is 90.7 Å². The molecule has 1 fully saturated rings. The van der Waals surface area contributed by atoms with E-state index in [2.05, 4.69) is 48.5 Å². The lowest BCUT2D eigenvalue weighted by Crippen LogP contribution is -2.35. The van der Waals surface area contributed by atoms with Crippen LogP contribution in [0, 0.1) is 0 Å². The number of carbonyl (C=O) groups is 1. The van der Waals surface area contributed by atoms with Gasteiger partial charge in [0.05, 0.1) is 13.7 Å². The number of methoxy groups -OCH3 is 1. The van der Waals surface area contributed by atoms with Gasteiger partial charge in [0.1, 0.15) is 23.4 Å². The fraction of sp³-hybridized carbons (Fsp3) is 0.343. The van der Waals surface area contributed by atoms with Crippen LogP contribution < -0.4 is 14.8 Å². The number of ether oxygens (including phenoxy) is 3. The smallest absolute Gasteiger partial charge is 0.255 e. The fourth-order valence-corrected chi connectivity index (χ4v) is 5.30. The van der Waals surface area contributed by atoms with E-state index in [-0.39, 0.29) is 17.9 Å².